The zero-order valence-corrected chi connectivity index (χ0v) is 19.9. The van der Waals surface area contributed by atoms with E-state index in [4.69, 9.17) is 9.16 Å². The van der Waals surface area contributed by atoms with Crippen molar-refractivity contribution in [1.29, 1.82) is 0 Å². The van der Waals surface area contributed by atoms with Crippen molar-refractivity contribution in [3.8, 4) is 0 Å². The molecule has 0 spiro atoms. The summed E-state index contributed by atoms with van der Waals surface area (Å²) in [5.41, 5.74) is 0.406. The van der Waals surface area contributed by atoms with Gasteiger partial charge in [0.2, 0.25) is 0 Å². The first kappa shape index (κ1) is 23.1. The van der Waals surface area contributed by atoms with Gasteiger partial charge in [-0.3, -0.25) is 4.98 Å². The fourth-order valence-corrected chi connectivity index (χ4v) is 3.40. The molecule has 26 heavy (non-hydrogen) atoms. The summed E-state index contributed by atoms with van der Waals surface area (Å²) in [5, 5.41) is 0.137. The minimum atomic E-state index is -1.85. The van der Waals surface area contributed by atoms with Crippen LogP contribution < -0.4 is 0 Å². The maximum Gasteiger partial charge on any atom is 0.410 e. The Kier molecular flexibility index (Phi) is 7.86. The number of pyridine rings is 1. The highest BCUT2D eigenvalue weighted by atomic mass is 79.9. The zero-order valence-electron chi connectivity index (χ0n) is 17.4. The van der Waals surface area contributed by atoms with Crippen LogP contribution in [0.5, 0.6) is 0 Å². The second kappa shape index (κ2) is 8.84. The van der Waals surface area contributed by atoms with Crippen LogP contribution >= 0.6 is 15.9 Å². The Balaban J connectivity index is 2.82. The molecule has 1 amide bonds. The van der Waals surface area contributed by atoms with E-state index in [0.717, 1.165) is 10.0 Å². The fraction of sp³-hybridized carbons (Fsp3) is 0.684. The van der Waals surface area contributed by atoms with Crippen molar-refractivity contribution < 1.29 is 14.0 Å². The molecule has 0 aliphatic rings. The maximum absolute atomic E-state index is 12.6. The third-order valence-corrected chi connectivity index (χ3v) is 9.39. The van der Waals surface area contributed by atoms with E-state index in [-0.39, 0.29) is 11.1 Å². The lowest BCUT2D eigenvalue weighted by atomic mass is 10.2. The summed E-state index contributed by atoms with van der Waals surface area (Å²) in [6, 6.07) is 1.96. The molecule has 0 aromatic carbocycles. The minimum absolute atomic E-state index is 0.137. The smallest absolute Gasteiger partial charge is 0.410 e. The van der Waals surface area contributed by atoms with Crippen molar-refractivity contribution in [3.05, 3.63) is 28.5 Å². The topological polar surface area (TPSA) is 51.7 Å². The molecule has 0 bridgehead atoms. The molecule has 1 aromatic rings. The molecule has 0 unspecified atom stereocenters. The molecule has 7 heteroatoms. The normalized spacial score (nSPS) is 12.8. The van der Waals surface area contributed by atoms with Crippen molar-refractivity contribution in [2.45, 2.75) is 71.8 Å². The number of halogens is 1. The van der Waals surface area contributed by atoms with E-state index in [2.05, 4.69) is 54.8 Å². The third-order valence-electron chi connectivity index (χ3n) is 4.42. The molecule has 0 saturated heterocycles. The van der Waals surface area contributed by atoms with Gasteiger partial charge < -0.3 is 14.1 Å². The first-order chi connectivity index (χ1) is 11.7. The van der Waals surface area contributed by atoms with Crippen LogP contribution in [0.2, 0.25) is 18.1 Å². The van der Waals surface area contributed by atoms with Crippen molar-refractivity contribution in [1.82, 2.24) is 9.88 Å². The van der Waals surface area contributed by atoms with Gasteiger partial charge in [0.1, 0.15) is 5.60 Å². The van der Waals surface area contributed by atoms with Gasteiger partial charge in [-0.2, -0.15) is 0 Å². The lowest BCUT2D eigenvalue weighted by Gasteiger charge is -2.37. The maximum atomic E-state index is 12.6. The number of carbonyl (C=O) groups excluding carboxylic acids is 1. The van der Waals surface area contributed by atoms with Crippen molar-refractivity contribution >= 4 is 30.3 Å². The Hall–Kier alpha value is -0.923. The van der Waals surface area contributed by atoms with E-state index >= 15 is 0 Å². The highest BCUT2D eigenvalue weighted by molar-refractivity contribution is 9.10. The van der Waals surface area contributed by atoms with Crippen LogP contribution in [0.15, 0.2) is 22.9 Å². The summed E-state index contributed by atoms with van der Waals surface area (Å²) in [5.74, 6) is 0. The molecule has 1 rings (SSSR count). The van der Waals surface area contributed by atoms with Gasteiger partial charge >= 0.3 is 6.09 Å². The van der Waals surface area contributed by atoms with Gasteiger partial charge in [0.25, 0.3) is 0 Å². The standard InChI is InChI=1S/C19H33BrN2O3Si/c1-18(2,3)25-17(23)22(14-15-11-16(20)13-21-12-15)9-10-24-26(7,8)19(4,5)6/h11-13H,9-10,14H2,1-8H3. The number of ether oxygens (including phenoxy) is 1. The molecule has 0 aliphatic carbocycles. The van der Waals surface area contributed by atoms with E-state index in [1.54, 1.807) is 17.3 Å². The summed E-state index contributed by atoms with van der Waals surface area (Å²) >= 11 is 3.42. The third kappa shape index (κ3) is 7.76. The van der Waals surface area contributed by atoms with Crippen LogP contribution in [0.25, 0.3) is 0 Å². The first-order valence-corrected chi connectivity index (χ1v) is 12.6. The first-order valence-electron chi connectivity index (χ1n) is 8.92. The Morgan fingerprint density at radius 2 is 1.81 bits per heavy atom. The predicted octanol–water partition coefficient (Wildman–Crippen LogP) is 5.60. The summed E-state index contributed by atoms with van der Waals surface area (Å²) in [4.78, 5) is 18.5. The predicted molar refractivity (Wildman–Crippen MR) is 112 cm³/mol. The van der Waals surface area contributed by atoms with Gasteiger partial charge in [0, 0.05) is 23.4 Å². The quantitative estimate of drug-likeness (QED) is 0.535. The molecule has 0 aliphatic heterocycles. The van der Waals surface area contributed by atoms with Gasteiger partial charge in [-0.15, -0.1) is 0 Å². The van der Waals surface area contributed by atoms with E-state index in [1.165, 1.54) is 0 Å². The average Bonchev–Trinajstić information content (AvgIpc) is 2.43. The molecule has 0 atom stereocenters. The molecule has 148 valence electrons. The zero-order chi connectivity index (χ0) is 20.2. The van der Waals surface area contributed by atoms with Crippen LogP contribution in [-0.4, -0.2) is 43.0 Å². The van der Waals surface area contributed by atoms with E-state index in [0.29, 0.717) is 19.7 Å². The number of carbonyl (C=O) groups is 1. The summed E-state index contributed by atoms with van der Waals surface area (Å²) < 4.78 is 12.7. The van der Waals surface area contributed by atoms with Crippen molar-refractivity contribution in [3.63, 3.8) is 0 Å². The fourth-order valence-electron chi connectivity index (χ4n) is 1.95. The highest BCUT2D eigenvalue weighted by Crippen LogP contribution is 2.36. The minimum Gasteiger partial charge on any atom is -0.444 e. The SMILES string of the molecule is CC(C)(C)OC(=O)N(CCO[Si](C)(C)C(C)(C)C)Cc1cncc(Br)c1. The van der Waals surface area contributed by atoms with Crippen LogP contribution in [-0.2, 0) is 15.7 Å². The van der Waals surface area contributed by atoms with Crippen LogP contribution in [0.3, 0.4) is 0 Å². The lowest BCUT2D eigenvalue weighted by molar-refractivity contribution is 0.0205. The van der Waals surface area contributed by atoms with Crippen molar-refractivity contribution in [2.24, 2.45) is 0 Å². The Morgan fingerprint density at radius 1 is 1.19 bits per heavy atom. The van der Waals surface area contributed by atoms with Crippen LogP contribution in [0.4, 0.5) is 4.79 Å². The van der Waals surface area contributed by atoms with E-state index in [9.17, 15) is 4.79 Å². The Morgan fingerprint density at radius 3 is 2.31 bits per heavy atom. The average molecular weight is 445 g/mol. The second-order valence-corrected chi connectivity index (χ2v) is 14.7. The summed E-state index contributed by atoms with van der Waals surface area (Å²) in [7, 11) is -1.85. The summed E-state index contributed by atoms with van der Waals surface area (Å²) in [6.07, 6.45) is 3.15. The van der Waals surface area contributed by atoms with Gasteiger partial charge in [-0.1, -0.05) is 20.8 Å². The van der Waals surface area contributed by atoms with Crippen molar-refractivity contribution in [2.75, 3.05) is 13.2 Å². The van der Waals surface area contributed by atoms with Gasteiger partial charge in [0.05, 0.1) is 13.2 Å². The molecule has 0 radical (unpaired) electrons. The van der Waals surface area contributed by atoms with Crippen LogP contribution in [0.1, 0.15) is 47.1 Å². The Labute approximate surface area is 167 Å². The van der Waals surface area contributed by atoms with E-state index < -0.39 is 13.9 Å². The number of hydrogen-bond acceptors (Lipinski definition) is 4. The van der Waals surface area contributed by atoms with E-state index in [1.807, 2.05) is 26.8 Å². The van der Waals surface area contributed by atoms with Gasteiger partial charge in [-0.05, 0) is 66.5 Å². The number of amides is 1. The number of nitrogens with zero attached hydrogens (tertiary/aromatic N) is 2. The van der Waals surface area contributed by atoms with Gasteiger partial charge in [0.15, 0.2) is 8.32 Å². The highest BCUT2D eigenvalue weighted by Gasteiger charge is 2.37. The molecule has 0 fully saturated rings. The molecule has 0 N–H and O–H groups in total. The van der Waals surface area contributed by atoms with Crippen LogP contribution in [0, 0.1) is 0 Å². The Bertz CT molecular complexity index is 610. The molecule has 5 nitrogen and oxygen atoms in total. The molecule has 1 aromatic heterocycles. The monoisotopic (exact) mass is 444 g/mol. The largest absolute Gasteiger partial charge is 0.444 e. The molecular weight excluding hydrogens is 412 g/mol. The lowest BCUT2D eigenvalue weighted by Crippen LogP contribution is -2.44. The molecule has 0 saturated carbocycles. The molecule has 1 heterocycles. The molecular formula is C19H33BrN2O3Si. The number of rotatable bonds is 6. The number of hydrogen-bond donors (Lipinski definition) is 0. The summed E-state index contributed by atoms with van der Waals surface area (Å²) in [6.45, 7) is 18.1. The second-order valence-electron chi connectivity index (χ2n) is 9.02. The number of aromatic nitrogens is 1. The van der Waals surface area contributed by atoms with Gasteiger partial charge in [-0.25, -0.2) is 4.79 Å².